The lowest BCUT2D eigenvalue weighted by Gasteiger charge is -2.33. The van der Waals surface area contributed by atoms with E-state index < -0.39 is 0 Å². The monoisotopic (exact) mass is 759 g/mol. The molecule has 2 heterocycles. The molecule has 0 fully saturated rings. The van der Waals surface area contributed by atoms with E-state index in [2.05, 4.69) is 195 Å². The molecule has 274 valence electrons. The van der Waals surface area contributed by atoms with Gasteiger partial charge in [0.25, 0.3) is 0 Å². The van der Waals surface area contributed by atoms with Gasteiger partial charge in [-0.15, -0.1) is 11.3 Å². The van der Waals surface area contributed by atoms with Crippen molar-refractivity contribution in [3.8, 4) is 33.4 Å². The summed E-state index contributed by atoms with van der Waals surface area (Å²) in [5.74, 6) is 0. The van der Waals surface area contributed by atoms with E-state index in [0.717, 1.165) is 44.4 Å². The lowest BCUT2D eigenvalue weighted by atomic mass is 9.81. The molecular weight excluding hydrogens is 723 g/mol. The van der Waals surface area contributed by atoms with E-state index in [9.17, 15) is 0 Å². The zero-order valence-corrected chi connectivity index (χ0v) is 33.0. The van der Waals surface area contributed by atoms with E-state index in [0.29, 0.717) is 0 Å². The van der Waals surface area contributed by atoms with Crippen LogP contribution in [0.4, 0.5) is 17.1 Å². The number of nitrogens with zero attached hydrogens (tertiary/aromatic N) is 1. The van der Waals surface area contributed by atoms with Gasteiger partial charge >= 0.3 is 0 Å². The van der Waals surface area contributed by atoms with Crippen molar-refractivity contribution in [3.05, 3.63) is 199 Å². The first-order chi connectivity index (χ1) is 28.5. The van der Waals surface area contributed by atoms with Crippen molar-refractivity contribution in [2.24, 2.45) is 0 Å². The van der Waals surface area contributed by atoms with Crippen LogP contribution in [0.2, 0.25) is 0 Å². The van der Waals surface area contributed by atoms with Crippen LogP contribution in [0.1, 0.15) is 25.0 Å². The number of benzene rings is 9. The van der Waals surface area contributed by atoms with Gasteiger partial charge in [-0.1, -0.05) is 159 Å². The van der Waals surface area contributed by atoms with Crippen LogP contribution in [0.3, 0.4) is 0 Å². The second-order valence-electron chi connectivity index (χ2n) is 16.0. The molecule has 0 N–H and O–H groups in total. The third kappa shape index (κ3) is 4.84. The van der Waals surface area contributed by atoms with Crippen LogP contribution in [0.5, 0.6) is 0 Å². The Hall–Kier alpha value is -6.94. The summed E-state index contributed by atoms with van der Waals surface area (Å²) in [5, 5.41) is 7.49. The number of hydrogen-bond acceptors (Lipinski definition) is 3. The van der Waals surface area contributed by atoms with Crippen LogP contribution in [-0.4, -0.2) is 0 Å². The van der Waals surface area contributed by atoms with Crippen molar-refractivity contribution in [2.45, 2.75) is 19.3 Å². The van der Waals surface area contributed by atoms with Gasteiger partial charge in [0.2, 0.25) is 0 Å². The predicted molar refractivity (Wildman–Crippen MR) is 247 cm³/mol. The van der Waals surface area contributed by atoms with Crippen molar-refractivity contribution in [1.82, 2.24) is 0 Å². The normalized spacial score (nSPS) is 13.1. The molecule has 58 heavy (non-hydrogen) atoms. The largest absolute Gasteiger partial charge is 0.456 e. The van der Waals surface area contributed by atoms with Gasteiger partial charge in [0.1, 0.15) is 11.2 Å². The summed E-state index contributed by atoms with van der Waals surface area (Å²) in [6.45, 7) is 4.75. The van der Waals surface area contributed by atoms with Crippen LogP contribution in [0.15, 0.2) is 192 Å². The maximum absolute atomic E-state index is 6.26. The summed E-state index contributed by atoms with van der Waals surface area (Å²) in [7, 11) is 0. The van der Waals surface area contributed by atoms with Gasteiger partial charge in [0, 0.05) is 47.6 Å². The molecule has 0 saturated heterocycles. The highest BCUT2D eigenvalue weighted by atomic mass is 32.1. The number of para-hydroxylation sites is 2. The van der Waals surface area contributed by atoms with Gasteiger partial charge in [-0.25, -0.2) is 0 Å². The van der Waals surface area contributed by atoms with E-state index in [1.807, 2.05) is 23.5 Å². The molecule has 0 spiro atoms. The Morgan fingerprint density at radius 2 is 1.07 bits per heavy atom. The number of furan rings is 1. The van der Waals surface area contributed by atoms with Gasteiger partial charge in [0.15, 0.2) is 0 Å². The Kier molecular flexibility index (Phi) is 7.18. The van der Waals surface area contributed by atoms with Crippen molar-refractivity contribution >= 4 is 81.3 Å². The smallest absolute Gasteiger partial charge is 0.135 e. The molecule has 0 saturated carbocycles. The first kappa shape index (κ1) is 33.2. The minimum Gasteiger partial charge on any atom is -0.456 e. The maximum Gasteiger partial charge on any atom is 0.135 e. The SMILES string of the molecule is CC1(C)c2ccccc2-c2cccc(N(c3ccc(-c4cccc5c4sc4c6ccccc6ccc54)cc3)c3ccccc3-c3ccc4oc5ccccc5c4c3)c21. The first-order valence-corrected chi connectivity index (χ1v) is 20.8. The van der Waals surface area contributed by atoms with Crippen molar-refractivity contribution in [3.63, 3.8) is 0 Å². The first-order valence-electron chi connectivity index (χ1n) is 20.0. The van der Waals surface area contributed by atoms with E-state index >= 15 is 0 Å². The molecule has 0 unspecified atom stereocenters. The number of hydrogen-bond donors (Lipinski definition) is 0. The van der Waals surface area contributed by atoms with E-state index in [-0.39, 0.29) is 5.41 Å². The summed E-state index contributed by atoms with van der Waals surface area (Å²) < 4.78 is 8.94. The molecule has 0 bridgehead atoms. The third-order valence-corrected chi connectivity index (χ3v) is 13.7. The average Bonchev–Trinajstić information content (AvgIpc) is 3.92. The molecule has 0 atom stereocenters. The van der Waals surface area contributed by atoms with Crippen molar-refractivity contribution in [1.29, 1.82) is 0 Å². The predicted octanol–water partition coefficient (Wildman–Crippen LogP) is 16.2. The number of rotatable bonds is 5. The highest BCUT2D eigenvalue weighted by Crippen LogP contribution is 2.55. The Morgan fingerprint density at radius 3 is 1.97 bits per heavy atom. The number of fused-ring (bicyclic) bond motifs is 11. The Bertz CT molecular complexity index is 3440. The third-order valence-electron chi connectivity index (χ3n) is 12.5. The number of anilines is 3. The molecule has 0 radical (unpaired) electrons. The standard InChI is InChI=1S/C55H37NOS/c1-55(2)47-21-8-5-16-41(47)43-19-12-23-49(52(43)55)56(48-22-9-6-14-38(48)36-28-32-51-46(33-36)42-17-7-10-24-50(42)57-51)37-29-25-35(26-30-37)40-18-11-20-44-45-31-27-34-13-3-4-15-39(34)54(45)58-53(40)44/h3-33H,1-2H3. The van der Waals surface area contributed by atoms with Gasteiger partial charge in [0.05, 0.1) is 11.4 Å². The van der Waals surface area contributed by atoms with Gasteiger partial charge in [-0.05, 0) is 92.2 Å². The summed E-state index contributed by atoms with van der Waals surface area (Å²) in [4.78, 5) is 2.50. The van der Waals surface area contributed by atoms with Gasteiger partial charge in [-0.3, -0.25) is 0 Å². The minimum atomic E-state index is -0.203. The second-order valence-corrected chi connectivity index (χ2v) is 17.0. The average molecular weight is 760 g/mol. The highest BCUT2D eigenvalue weighted by molar-refractivity contribution is 7.27. The lowest BCUT2D eigenvalue weighted by Crippen LogP contribution is -2.21. The van der Waals surface area contributed by atoms with Gasteiger partial charge < -0.3 is 9.32 Å². The topological polar surface area (TPSA) is 16.4 Å². The molecule has 2 aromatic heterocycles. The van der Waals surface area contributed by atoms with Crippen LogP contribution in [0, 0.1) is 0 Å². The van der Waals surface area contributed by atoms with Crippen molar-refractivity contribution in [2.75, 3.05) is 4.90 Å². The van der Waals surface area contributed by atoms with Crippen LogP contribution in [0.25, 0.3) is 86.3 Å². The molecule has 3 heteroatoms. The molecule has 11 aromatic rings. The fourth-order valence-electron chi connectivity index (χ4n) is 9.76. The molecule has 1 aliphatic carbocycles. The Labute approximate surface area is 340 Å². The molecular formula is C55H37NOS. The Balaban J connectivity index is 1.06. The molecule has 0 amide bonds. The molecule has 2 nitrogen and oxygen atoms in total. The minimum absolute atomic E-state index is 0.203. The van der Waals surface area contributed by atoms with Gasteiger partial charge in [-0.2, -0.15) is 0 Å². The van der Waals surface area contributed by atoms with Crippen LogP contribution < -0.4 is 4.90 Å². The summed E-state index contributed by atoms with van der Waals surface area (Å²) >= 11 is 1.91. The highest BCUT2D eigenvalue weighted by Gasteiger charge is 2.39. The fraction of sp³-hybridized carbons (Fsp3) is 0.0545. The zero-order chi connectivity index (χ0) is 38.5. The quantitative estimate of drug-likeness (QED) is 0.174. The Morgan fingerprint density at radius 1 is 0.431 bits per heavy atom. The summed E-state index contributed by atoms with van der Waals surface area (Å²) in [6, 6.07) is 68.9. The summed E-state index contributed by atoms with van der Waals surface area (Å²) in [6.07, 6.45) is 0. The fourth-order valence-corrected chi connectivity index (χ4v) is 11.1. The van der Waals surface area contributed by atoms with Crippen molar-refractivity contribution < 1.29 is 4.42 Å². The van der Waals surface area contributed by atoms with Crippen LogP contribution in [-0.2, 0) is 5.41 Å². The van der Waals surface area contributed by atoms with E-state index in [4.69, 9.17) is 4.42 Å². The maximum atomic E-state index is 6.26. The molecule has 1 aliphatic rings. The lowest BCUT2D eigenvalue weighted by molar-refractivity contribution is 0.661. The van der Waals surface area contributed by atoms with E-state index in [1.54, 1.807) is 0 Å². The van der Waals surface area contributed by atoms with E-state index in [1.165, 1.54) is 70.0 Å². The molecule has 9 aromatic carbocycles. The van der Waals surface area contributed by atoms with Crippen LogP contribution >= 0.6 is 11.3 Å². The number of thiophene rings is 1. The zero-order valence-electron chi connectivity index (χ0n) is 32.2. The second kappa shape index (κ2) is 12.5. The molecule has 0 aliphatic heterocycles. The summed E-state index contributed by atoms with van der Waals surface area (Å²) in [5.41, 5.74) is 15.1. The molecule has 12 rings (SSSR count).